The first-order valence-corrected chi connectivity index (χ1v) is 8.36. The van der Waals surface area contributed by atoms with Gasteiger partial charge >= 0.3 is 0 Å². The molecule has 122 valence electrons. The molecular formula is C19H29NO2. The number of amides is 1. The number of hydrogen-bond acceptors (Lipinski definition) is 2. The van der Waals surface area contributed by atoms with Crippen molar-refractivity contribution >= 4 is 12.0 Å². The van der Waals surface area contributed by atoms with Crippen LogP contribution >= 0.6 is 0 Å². The average molecular weight is 303 g/mol. The number of nitrogens with one attached hydrogen (secondary N) is 1. The van der Waals surface area contributed by atoms with Crippen molar-refractivity contribution in [2.75, 3.05) is 13.7 Å². The molecule has 0 atom stereocenters. The quantitative estimate of drug-likeness (QED) is 0.480. The molecule has 1 aromatic carbocycles. The van der Waals surface area contributed by atoms with Gasteiger partial charge in [0.2, 0.25) is 5.91 Å². The summed E-state index contributed by atoms with van der Waals surface area (Å²) in [6.45, 7) is 2.99. The van der Waals surface area contributed by atoms with E-state index in [1.165, 1.54) is 38.5 Å². The van der Waals surface area contributed by atoms with Crippen LogP contribution in [0.1, 0.15) is 57.4 Å². The molecule has 1 N–H and O–H groups in total. The fourth-order valence-electron chi connectivity index (χ4n) is 2.24. The maximum Gasteiger partial charge on any atom is 0.243 e. The summed E-state index contributed by atoms with van der Waals surface area (Å²) in [7, 11) is 1.64. The van der Waals surface area contributed by atoms with Crippen molar-refractivity contribution < 1.29 is 9.53 Å². The summed E-state index contributed by atoms with van der Waals surface area (Å²) in [6, 6.07) is 7.63. The third kappa shape index (κ3) is 8.50. The van der Waals surface area contributed by atoms with Crippen LogP contribution in [0.4, 0.5) is 0 Å². The molecule has 0 heterocycles. The highest BCUT2D eigenvalue weighted by Gasteiger charge is 1.96. The summed E-state index contributed by atoms with van der Waals surface area (Å²) in [5.74, 6) is 0.794. The number of rotatable bonds is 11. The Kier molecular flexibility index (Phi) is 9.84. The minimum Gasteiger partial charge on any atom is -0.497 e. The van der Waals surface area contributed by atoms with Crippen molar-refractivity contribution in [1.29, 1.82) is 0 Å². The molecule has 0 aliphatic rings. The van der Waals surface area contributed by atoms with Gasteiger partial charge in [0.15, 0.2) is 0 Å². The maximum absolute atomic E-state index is 11.7. The van der Waals surface area contributed by atoms with E-state index in [1.807, 2.05) is 30.3 Å². The SMILES string of the molecule is CCCCCCCCCNC(=O)C=Cc1ccc(OC)cc1. The highest BCUT2D eigenvalue weighted by molar-refractivity contribution is 5.91. The number of carbonyl (C=O) groups excluding carboxylic acids is 1. The molecule has 0 spiro atoms. The van der Waals surface area contributed by atoms with E-state index in [0.29, 0.717) is 0 Å². The van der Waals surface area contributed by atoms with Crippen LogP contribution in [0.15, 0.2) is 30.3 Å². The van der Waals surface area contributed by atoms with Gasteiger partial charge in [-0.05, 0) is 30.2 Å². The molecule has 0 radical (unpaired) electrons. The monoisotopic (exact) mass is 303 g/mol. The molecule has 0 aromatic heterocycles. The van der Waals surface area contributed by atoms with Crippen LogP contribution in [0, 0.1) is 0 Å². The van der Waals surface area contributed by atoms with Crippen LogP contribution in [0.2, 0.25) is 0 Å². The van der Waals surface area contributed by atoms with Gasteiger partial charge in [-0.3, -0.25) is 4.79 Å². The van der Waals surface area contributed by atoms with Gasteiger partial charge in [0, 0.05) is 12.6 Å². The fraction of sp³-hybridized carbons (Fsp3) is 0.526. The van der Waals surface area contributed by atoms with E-state index >= 15 is 0 Å². The lowest BCUT2D eigenvalue weighted by atomic mass is 10.1. The first kappa shape index (κ1) is 18.3. The molecule has 0 bridgehead atoms. The standard InChI is InChI=1S/C19H29NO2/c1-3-4-5-6-7-8-9-16-20-19(21)15-12-17-10-13-18(22-2)14-11-17/h10-15H,3-9,16H2,1-2H3,(H,20,21). The van der Waals surface area contributed by atoms with Gasteiger partial charge in [-0.25, -0.2) is 0 Å². The number of benzene rings is 1. The van der Waals surface area contributed by atoms with Gasteiger partial charge < -0.3 is 10.1 Å². The van der Waals surface area contributed by atoms with Crippen LogP contribution in [0.25, 0.3) is 6.08 Å². The number of ether oxygens (including phenoxy) is 1. The van der Waals surface area contributed by atoms with E-state index in [2.05, 4.69) is 12.2 Å². The van der Waals surface area contributed by atoms with Gasteiger partial charge in [0.1, 0.15) is 5.75 Å². The van der Waals surface area contributed by atoms with Gasteiger partial charge in [0.05, 0.1) is 7.11 Å². The van der Waals surface area contributed by atoms with E-state index in [9.17, 15) is 4.79 Å². The van der Waals surface area contributed by atoms with Crippen LogP contribution in [-0.2, 0) is 4.79 Å². The zero-order chi connectivity index (χ0) is 16.0. The number of methoxy groups -OCH3 is 1. The molecule has 1 amide bonds. The van der Waals surface area contributed by atoms with Crippen molar-refractivity contribution in [3.63, 3.8) is 0 Å². The molecule has 0 saturated carbocycles. The highest BCUT2D eigenvalue weighted by Crippen LogP contribution is 2.12. The second kappa shape index (κ2) is 11.8. The predicted octanol–water partition coefficient (Wildman–Crippen LogP) is 4.58. The van der Waals surface area contributed by atoms with Crippen LogP contribution in [-0.4, -0.2) is 19.6 Å². The molecule has 0 aliphatic heterocycles. The Morgan fingerprint density at radius 3 is 2.32 bits per heavy atom. The Labute approximate surface area is 134 Å². The summed E-state index contributed by atoms with van der Waals surface area (Å²) >= 11 is 0. The zero-order valence-corrected chi connectivity index (χ0v) is 13.9. The molecule has 1 aromatic rings. The molecule has 3 nitrogen and oxygen atoms in total. The number of carbonyl (C=O) groups is 1. The molecular weight excluding hydrogens is 274 g/mol. The van der Waals surface area contributed by atoms with Crippen LogP contribution < -0.4 is 10.1 Å². The molecule has 1 rings (SSSR count). The Balaban J connectivity index is 2.11. The van der Waals surface area contributed by atoms with E-state index < -0.39 is 0 Å². The maximum atomic E-state index is 11.7. The zero-order valence-electron chi connectivity index (χ0n) is 13.9. The highest BCUT2D eigenvalue weighted by atomic mass is 16.5. The smallest absolute Gasteiger partial charge is 0.243 e. The van der Waals surface area contributed by atoms with Gasteiger partial charge in [-0.1, -0.05) is 57.6 Å². The summed E-state index contributed by atoms with van der Waals surface area (Å²) < 4.78 is 5.10. The summed E-state index contributed by atoms with van der Waals surface area (Å²) in [4.78, 5) is 11.7. The lowest BCUT2D eigenvalue weighted by Crippen LogP contribution is -2.21. The minimum absolute atomic E-state index is 0.0261. The normalized spacial score (nSPS) is 10.8. The van der Waals surface area contributed by atoms with Gasteiger partial charge in [-0.2, -0.15) is 0 Å². The predicted molar refractivity (Wildman–Crippen MR) is 93.0 cm³/mol. The lowest BCUT2D eigenvalue weighted by Gasteiger charge is -2.03. The van der Waals surface area contributed by atoms with Gasteiger partial charge in [0.25, 0.3) is 0 Å². The summed E-state index contributed by atoms with van der Waals surface area (Å²) in [5.41, 5.74) is 0.992. The van der Waals surface area contributed by atoms with Crippen LogP contribution in [0.3, 0.4) is 0 Å². The second-order valence-corrected chi connectivity index (χ2v) is 5.52. The molecule has 0 unspecified atom stereocenters. The fourth-order valence-corrected chi connectivity index (χ4v) is 2.24. The average Bonchev–Trinajstić information content (AvgIpc) is 2.56. The van der Waals surface area contributed by atoms with Crippen molar-refractivity contribution in [3.05, 3.63) is 35.9 Å². The molecule has 3 heteroatoms. The largest absolute Gasteiger partial charge is 0.497 e. The third-order valence-corrected chi connectivity index (χ3v) is 3.62. The number of unbranched alkanes of at least 4 members (excludes halogenated alkanes) is 6. The second-order valence-electron chi connectivity index (χ2n) is 5.52. The summed E-state index contributed by atoms with van der Waals surface area (Å²) in [6.07, 6.45) is 12.2. The Hall–Kier alpha value is -1.77. The van der Waals surface area contributed by atoms with E-state index in [4.69, 9.17) is 4.74 Å². The first-order valence-electron chi connectivity index (χ1n) is 8.36. The lowest BCUT2D eigenvalue weighted by molar-refractivity contribution is -0.116. The Bertz CT molecular complexity index is 437. The van der Waals surface area contributed by atoms with E-state index in [-0.39, 0.29) is 5.91 Å². The van der Waals surface area contributed by atoms with Gasteiger partial charge in [-0.15, -0.1) is 0 Å². The van der Waals surface area contributed by atoms with E-state index in [1.54, 1.807) is 13.2 Å². The van der Waals surface area contributed by atoms with Crippen molar-refractivity contribution in [2.45, 2.75) is 51.9 Å². The minimum atomic E-state index is -0.0261. The molecule has 0 aliphatic carbocycles. The third-order valence-electron chi connectivity index (χ3n) is 3.62. The summed E-state index contributed by atoms with van der Waals surface area (Å²) in [5, 5.41) is 2.93. The van der Waals surface area contributed by atoms with Crippen molar-refractivity contribution in [3.8, 4) is 5.75 Å². The number of hydrogen-bond donors (Lipinski definition) is 1. The van der Waals surface area contributed by atoms with Crippen LogP contribution in [0.5, 0.6) is 5.75 Å². The molecule has 0 fully saturated rings. The van der Waals surface area contributed by atoms with Crippen molar-refractivity contribution in [1.82, 2.24) is 5.32 Å². The molecule has 22 heavy (non-hydrogen) atoms. The van der Waals surface area contributed by atoms with Crippen molar-refractivity contribution in [2.24, 2.45) is 0 Å². The Morgan fingerprint density at radius 1 is 1.05 bits per heavy atom. The molecule has 0 saturated heterocycles. The van der Waals surface area contributed by atoms with E-state index in [0.717, 1.165) is 24.3 Å². The first-order chi connectivity index (χ1) is 10.8. The Morgan fingerprint density at radius 2 is 1.68 bits per heavy atom. The topological polar surface area (TPSA) is 38.3 Å².